The molecule has 1 atom stereocenters. The second kappa shape index (κ2) is 5.85. The third-order valence-electron chi connectivity index (χ3n) is 3.64. The molecule has 0 aromatic heterocycles. The number of rotatable bonds is 6. The Labute approximate surface area is 111 Å². The minimum absolute atomic E-state index is 0.0449. The highest BCUT2D eigenvalue weighted by Crippen LogP contribution is 2.27. The van der Waals surface area contributed by atoms with Gasteiger partial charge < -0.3 is 5.32 Å². The monoisotopic (exact) mass is 269 g/mol. The summed E-state index contributed by atoms with van der Waals surface area (Å²) in [6, 6.07) is 7.31. The van der Waals surface area contributed by atoms with Crippen LogP contribution in [0.15, 0.2) is 29.2 Å². The van der Waals surface area contributed by atoms with E-state index in [0.717, 1.165) is 13.0 Å². The van der Waals surface area contributed by atoms with Gasteiger partial charge in [0.05, 0.1) is 10.6 Å². The molecule has 102 valence electrons. The molecule has 0 aliphatic rings. The molecule has 0 saturated carbocycles. The van der Waals surface area contributed by atoms with Crippen molar-refractivity contribution in [2.45, 2.75) is 37.5 Å². The van der Waals surface area contributed by atoms with Gasteiger partial charge in [-0.2, -0.15) is 0 Å². The average molecular weight is 269 g/mol. The molecule has 0 spiro atoms. The Hall–Kier alpha value is -0.870. The molecular formula is C14H23NO2S. The van der Waals surface area contributed by atoms with Crippen molar-refractivity contribution in [2.75, 3.05) is 19.3 Å². The molecule has 0 aliphatic carbocycles. The first-order valence-corrected chi connectivity index (χ1v) is 8.02. The molecule has 4 heteroatoms. The predicted octanol–water partition coefficient (Wildman–Crippen LogP) is 2.37. The van der Waals surface area contributed by atoms with Crippen LogP contribution in [0.1, 0.15) is 32.8 Å². The summed E-state index contributed by atoms with van der Waals surface area (Å²) < 4.78 is 23.5. The predicted molar refractivity (Wildman–Crippen MR) is 75.7 cm³/mol. The number of likely N-dealkylation sites (N-methyl/N-ethyl adjacent to an activating group) is 1. The van der Waals surface area contributed by atoms with Crippen molar-refractivity contribution in [3.05, 3.63) is 29.8 Å². The first-order valence-electron chi connectivity index (χ1n) is 6.37. The van der Waals surface area contributed by atoms with Crippen LogP contribution in [-0.4, -0.2) is 27.8 Å². The van der Waals surface area contributed by atoms with Crippen LogP contribution >= 0.6 is 0 Å². The maximum atomic E-state index is 11.7. The summed E-state index contributed by atoms with van der Waals surface area (Å²) in [6.07, 6.45) is 1.01. The van der Waals surface area contributed by atoms with Crippen LogP contribution in [0.3, 0.4) is 0 Å². The van der Waals surface area contributed by atoms with E-state index in [2.05, 4.69) is 19.2 Å². The van der Waals surface area contributed by atoms with Crippen molar-refractivity contribution in [2.24, 2.45) is 0 Å². The summed E-state index contributed by atoms with van der Waals surface area (Å²) in [5.74, 6) is 0.147. The first-order chi connectivity index (χ1) is 8.39. The lowest BCUT2D eigenvalue weighted by Gasteiger charge is -2.28. The molecule has 1 aromatic carbocycles. The van der Waals surface area contributed by atoms with E-state index in [4.69, 9.17) is 0 Å². The topological polar surface area (TPSA) is 46.2 Å². The SMILES string of the molecule is CCC(C)(CNC)c1ccc(S(=O)(=O)CC)cc1. The fourth-order valence-electron chi connectivity index (χ4n) is 2.05. The standard InChI is InChI=1S/C14H23NO2S/c1-5-14(3,11-15-4)12-7-9-13(10-8-12)18(16,17)6-2/h7-10,15H,5-6,11H2,1-4H3. The van der Waals surface area contributed by atoms with Gasteiger partial charge in [-0.1, -0.05) is 32.9 Å². The fourth-order valence-corrected chi connectivity index (χ4v) is 2.94. The Kier molecular flexibility index (Phi) is 4.93. The van der Waals surface area contributed by atoms with Crippen molar-refractivity contribution < 1.29 is 8.42 Å². The van der Waals surface area contributed by atoms with Crippen LogP contribution in [0.25, 0.3) is 0 Å². The summed E-state index contributed by atoms with van der Waals surface area (Å²) >= 11 is 0. The maximum absolute atomic E-state index is 11.7. The lowest BCUT2D eigenvalue weighted by atomic mass is 9.80. The van der Waals surface area contributed by atoms with Crippen LogP contribution in [0, 0.1) is 0 Å². The minimum Gasteiger partial charge on any atom is -0.319 e. The molecule has 1 unspecified atom stereocenters. The minimum atomic E-state index is -3.10. The van der Waals surface area contributed by atoms with Gasteiger partial charge in [0.1, 0.15) is 0 Å². The molecule has 18 heavy (non-hydrogen) atoms. The zero-order chi connectivity index (χ0) is 13.8. The van der Waals surface area contributed by atoms with Crippen LogP contribution in [-0.2, 0) is 15.3 Å². The highest BCUT2D eigenvalue weighted by molar-refractivity contribution is 7.91. The summed E-state index contributed by atoms with van der Waals surface area (Å²) in [7, 11) is -1.16. The van der Waals surface area contributed by atoms with Crippen molar-refractivity contribution in [1.29, 1.82) is 0 Å². The molecule has 3 nitrogen and oxygen atoms in total. The molecular weight excluding hydrogens is 246 g/mol. The third kappa shape index (κ3) is 3.12. The van der Waals surface area contributed by atoms with Crippen LogP contribution in [0.5, 0.6) is 0 Å². The van der Waals surface area contributed by atoms with Gasteiger partial charge in [-0.05, 0) is 31.2 Å². The fraction of sp³-hybridized carbons (Fsp3) is 0.571. The Morgan fingerprint density at radius 3 is 2.11 bits per heavy atom. The van der Waals surface area contributed by atoms with Gasteiger partial charge in [-0.25, -0.2) is 8.42 Å². The van der Waals surface area contributed by atoms with E-state index in [1.807, 2.05) is 19.2 Å². The third-order valence-corrected chi connectivity index (χ3v) is 5.39. The highest BCUT2D eigenvalue weighted by atomic mass is 32.2. The number of sulfone groups is 1. The van der Waals surface area contributed by atoms with E-state index in [0.29, 0.717) is 4.90 Å². The molecule has 0 radical (unpaired) electrons. The summed E-state index contributed by atoms with van der Waals surface area (Å²) in [6.45, 7) is 6.88. The lowest BCUT2D eigenvalue weighted by Crippen LogP contribution is -2.33. The van der Waals surface area contributed by atoms with Gasteiger partial charge in [-0.15, -0.1) is 0 Å². The van der Waals surface area contributed by atoms with Gasteiger partial charge in [0.15, 0.2) is 9.84 Å². The molecule has 0 saturated heterocycles. The first kappa shape index (κ1) is 15.2. The molecule has 0 amide bonds. The average Bonchev–Trinajstić information content (AvgIpc) is 2.39. The van der Waals surface area contributed by atoms with E-state index >= 15 is 0 Å². The summed E-state index contributed by atoms with van der Waals surface area (Å²) in [5, 5.41) is 3.20. The maximum Gasteiger partial charge on any atom is 0.178 e. The second-order valence-electron chi connectivity index (χ2n) is 4.87. The van der Waals surface area contributed by atoms with E-state index in [1.165, 1.54) is 5.56 Å². The Balaban J connectivity index is 3.09. The van der Waals surface area contributed by atoms with Crippen molar-refractivity contribution in [1.82, 2.24) is 5.32 Å². The largest absolute Gasteiger partial charge is 0.319 e. The summed E-state index contributed by atoms with van der Waals surface area (Å²) in [4.78, 5) is 0.414. The molecule has 1 aromatic rings. The number of hydrogen-bond donors (Lipinski definition) is 1. The Bertz CT molecular complexity index is 479. The normalized spacial score (nSPS) is 15.3. The van der Waals surface area contributed by atoms with Gasteiger partial charge in [0, 0.05) is 12.0 Å². The van der Waals surface area contributed by atoms with Crippen LogP contribution in [0.4, 0.5) is 0 Å². The van der Waals surface area contributed by atoms with E-state index in [9.17, 15) is 8.42 Å². The quantitative estimate of drug-likeness (QED) is 0.862. The Morgan fingerprint density at radius 2 is 1.72 bits per heavy atom. The van der Waals surface area contributed by atoms with Gasteiger partial charge in [0.2, 0.25) is 0 Å². The van der Waals surface area contributed by atoms with E-state index < -0.39 is 9.84 Å². The number of nitrogens with one attached hydrogen (secondary N) is 1. The molecule has 0 fully saturated rings. The van der Waals surface area contributed by atoms with Crippen LogP contribution in [0.2, 0.25) is 0 Å². The lowest BCUT2D eigenvalue weighted by molar-refractivity contribution is 0.433. The van der Waals surface area contributed by atoms with E-state index in [1.54, 1.807) is 19.1 Å². The van der Waals surface area contributed by atoms with Gasteiger partial charge >= 0.3 is 0 Å². The van der Waals surface area contributed by atoms with Crippen LogP contribution < -0.4 is 5.32 Å². The van der Waals surface area contributed by atoms with Crippen molar-refractivity contribution in [3.8, 4) is 0 Å². The smallest absolute Gasteiger partial charge is 0.178 e. The molecule has 1 N–H and O–H groups in total. The zero-order valence-corrected chi connectivity index (χ0v) is 12.5. The van der Waals surface area contributed by atoms with E-state index in [-0.39, 0.29) is 11.2 Å². The molecule has 0 aliphatic heterocycles. The Morgan fingerprint density at radius 1 is 1.17 bits per heavy atom. The summed E-state index contributed by atoms with van der Waals surface area (Å²) in [5.41, 5.74) is 1.22. The molecule has 1 rings (SSSR count). The van der Waals surface area contributed by atoms with Gasteiger partial charge in [0.25, 0.3) is 0 Å². The number of hydrogen-bond acceptors (Lipinski definition) is 3. The second-order valence-corrected chi connectivity index (χ2v) is 7.15. The van der Waals surface area contributed by atoms with Gasteiger partial charge in [-0.3, -0.25) is 0 Å². The van der Waals surface area contributed by atoms with Crippen molar-refractivity contribution in [3.63, 3.8) is 0 Å². The van der Waals surface area contributed by atoms with Crippen molar-refractivity contribution >= 4 is 9.84 Å². The zero-order valence-electron chi connectivity index (χ0n) is 11.7. The molecule has 0 bridgehead atoms. The highest BCUT2D eigenvalue weighted by Gasteiger charge is 2.24. The number of benzene rings is 1. The molecule has 0 heterocycles.